The molecule has 35 heavy (non-hydrogen) atoms. The lowest BCUT2D eigenvalue weighted by atomic mass is 9.68. The smallest absolute Gasteiger partial charge is 0.320 e. The molecule has 0 aromatic heterocycles. The molecule has 1 aromatic carbocycles. The monoisotopic (exact) mass is 501 g/mol. The second-order valence-electron chi connectivity index (χ2n) is 12.4. The second-order valence-corrected chi connectivity index (χ2v) is 12.8. The summed E-state index contributed by atoms with van der Waals surface area (Å²) in [6.45, 7) is 6.57. The summed E-state index contributed by atoms with van der Waals surface area (Å²) < 4.78 is 0. The van der Waals surface area contributed by atoms with Gasteiger partial charge in [-0.3, -0.25) is 9.69 Å². The standard InChI is InChI=1S/C29H44ClN3O2/c1-27(2,19-25(34)11-8-18-30)21-32-22-28(33(26(32)35)20-23-12-13-23)14-16-29(17-15-28,31(3)4)24-9-6-5-7-10-24/h5-7,9-10,23H,8,11-22H2,1-4H3. The first-order valence-electron chi connectivity index (χ1n) is 13.5. The molecule has 1 saturated heterocycles. The zero-order valence-corrected chi connectivity index (χ0v) is 22.9. The van der Waals surface area contributed by atoms with E-state index in [9.17, 15) is 9.59 Å². The lowest BCUT2D eigenvalue weighted by molar-refractivity contribution is -0.121. The molecule has 2 saturated carbocycles. The topological polar surface area (TPSA) is 43.9 Å². The maximum atomic E-state index is 13.8. The Bertz CT molecular complexity index is 888. The van der Waals surface area contributed by atoms with Crippen LogP contribution in [0, 0.1) is 11.3 Å². The number of hydrogen-bond donors (Lipinski definition) is 0. The largest absolute Gasteiger partial charge is 0.322 e. The second kappa shape index (κ2) is 10.4. The zero-order valence-electron chi connectivity index (χ0n) is 22.2. The molecule has 0 unspecified atom stereocenters. The van der Waals surface area contributed by atoms with Crippen LogP contribution in [0.3, 0.4) is 0 Å². The lowest BCUT2D eigenvalue weighted by Crippen LogP contribution is -2.55. The zero-order chi connectivity index (χ0) is 25.3. The number of carbonyl (C=O) groups is 2. The molecular weight excluding hydrogens is 458 g/mol. The van der Waals surface area contributed by atoms with Crippen molar-refractivity contribution in [3.8, 4) is 0 Å². The number of nitrogens with zero attached hydrogens (tertiary/aromatic N) is 3. The van der Waals surface area contributed by atoms with Gasteiger partial charge in [-0.05, 0) is 75.9 Å². The van der Waals surface area contributed by atoms with E-state index in [1.165, 1.54) is 18.4 Å². The molecule has 6 heteroatoms. The third-order valence-electron chi connectivity index (χ3n) is 8.76. The summed E-state index contributed by atoms with van der Waals surface area (Å²) >= 11 is 5.78. The van der Waals surface area contributed by atoms with Gasteiger partial charge in [0.15, 0.2) is 0 Å². The van der Waals surface area contributed by atoms with Crippen molar-refractivity contribution in [2.24, 2.45) is 11.3 Å². The first-order chi connectivity index (χ1) is 16.6. The Morgan fingerprint density at radius 2 is 1.77 bits per heavy atom. The molecule has 194 valence electrons. The van der Waals surface area contributed by atoms with Crippen molar-refractivity contribution in [2.75, 3.05) is 39.6 Å². The van der Waals surface area contributed by atoms with E-state index >= 15 is 0 Å². The number of Topliss-reactive ketones (excluding diaryl/α,β-unsaturated/α-hetero) is 1. The highest BCUT2D eigenvalue weighted by atomic mass is 35.5. The van der Waals surface area contributed by atoms with Crippen LogP contribution in [-0.4, -0.2) is 71.7 Å². The molecule has 0 N–H and O–H groups in total. The average molecular weight is 502 g/mol. The summed E-state index contributed by atoms with van der Waals surface area (Å²) in [7, 11) is 4.39. The predicted molar refractivity (Wildman–Crippen MR) is 143 cm³/mol. The van der Waals surface area contributed by atoms with Crippen LogP contribution in [0.2, 0.25) is 0 Å². The normalized spacial score (nSPS) is 27.3. The van der Waals surface area contributed by atoms with Gasteiger partial charge < -0.3 is 9.80 Å². The van der Waals surface area contributed by atoms with E-state index in [2.05, 4.69) is 73.0 Å². The maximum Gasteiger partial charge on any atom is 0.320 e. The number of alkyl halides is 1. The molecule has 0 atom stereocenters. The highest BCUT2D eigenvalue weighted by Gasteiger charge is 2.55. The lowest BCUT2D eigenvalue weighted by Gasteiger charge is -2.51. The van der Waals surface area contributed by atoms with Crippen LogP contribution in [-0.2, 0) is 10.3 Å². The third kappa shape index (κ3) is 5.72. The Labute approximate surface area is 217 Å². The molecule has 2 amide bonds. The molecule has 3 aliphatic rings. The van der Waals surface area contributed by atoms with Crippen LogP contribution in [0.5, 0.6) is 0 Å². The van der Waals surface area contributed by atoms with Crippen molar-refractivity contribution in [2.45, 2.75) is 82.7 Å². The molecule has 5 nitrogen and oxygen atoms in total. The first kappa shape index (κ1) is 26.5. The van der Waals surface area contributed by atoms with Gasteiger partial charge in [-0.15, -0.1) is 11.6 Å². The fraction of sp³-hybridized carbons (Fsp3) is 0.724. The van der Waals surface area contributed by atoms with Crippen LogP contribution in [0.1, 0.15) is 77.2 Å². The number of ketones is 1. The highest BCUT2D eigenvalue weighted by molar-refractivity contribution is 6.17. The fourth-order valence-electron chi connectivity index (χ4n) is 6.59. The minimum Gasteiger partial charge on any atom is -0.322 e. The van der Waals surface area contributed by atoms with E-state index in [1.54, 1.807) is 0 Å². The van der Waals surface area contributed by atoms with E-state index in [1.807, 2.05) is 0 Å². The molecular formula is C29H44ClN3O2. The minimum atomic E-state index is -0.234. The van der Waals surface area contributed by atoms with Crippen molar-refractivity contribution in [3.05, 3.63) is 35.9 Å². The van der Waals surface area contributed by atoms with Crippen molar-refractivity contribution in [1.82, 2.24) is 14.7 Å². The SMILES string of the molecule is CN(C)C1(c2ccccc2)CCC2(CC1)CN(CC(C)(C)CC(=O)CCCCl)C(=O)N2CC1CC1. The molecule has 2 aliphatic carbocycles. The van der Waals surface area contributed by atoms with Gasteiger partial charge in [0, 0.05) is 43.9 Å². The number of halogens is 1. The molecule has 0 radical (unpaired) electrons. The van der Waals surface area contributed by atoms with Crippen LogP contribution in [0.25, 0.3) is 0 Å². The van der Waals surface area contributed by atoms with Gasteiger partial charge in [0.2, 0.25) is 0 Å². The molecule has 0 bridgehead atoms. The highest BCUT2D eigenvalue weighted by Crippen LogP contribution is 2.50. The number of urea groups is 1. The van der Waals surface area contributed by atoms with E-state index in [0.717, 1.165) is 45.2 Å². The van der Waals surface area contributed by atoms with Crippen molar-refractivity contribution in [1.29, 1.82) is 0 Å². The number of benzene rings is 1. The van der Waals surface area contributed by atoms with Crippen molar-refractivity contribution < 1.29 is 9.59 Å². The van der Waals surface area contributed by atoms with E-state index in [0.29, 0.717) is 31.2 Å². The van der Waals surface area contributed by atoms with E-state index in [4.69, 9.17) is 11.6 Å². The summed E-state index contributed by atoms with van der Waals surface area (Å²) in [5, 5.41) is 0. The van der Waals surface area contributed by atoms with Crippen LogP contribution in [0.15, 0.2) is 30.3 Å². The van der Waals surface area contributed by atoms with Gasteiger partial charge in [-0.1, -0.05) is 44.2 Å². The number of hydrogen-bond acceptors (Lipinski definition) is 3. The van der Waals surface area contributed by atoms with Gasteiger partial charge in [0.25, 0.3) is 0 Å². The summed E-state index contributed by atoms with van der Waals surface area (Å²) in [4.78, 5) is 33.0. The molecule has 1 spiro atoms. The Morgan fingerprint density at radius 3 is 2.34 bits per heavy atom. The summed E-state index contributed by atoms with van der Waals surface area (Å²) in [5.74, 6) is 1.44. The van der Waals surface area contributed by atoms with Crippen molar-refractivity contribution >= 4 is 23.4 Å². The van der Waals surface area contributed by atoms with Gasteiger partial charge in [-0.25, -0.2) is 4.79 Å². The summed E-state index contributed by atoms with van der Waals surface area (Å²) in [6, 6.07) is 11.1. The fourth-order valence-corrected chi connectivity index (χ4v) is 6.73. The Morgan fingerprint density at radius 1 is 1.11 bits per heavy atom. The average Bonchev–Trinajstić information content (AvgIpc) is 3.61. The Kier molecular flexibility index (Phi) is 7.88. The van der Waals surface area contributed by atoms with Crippen LogP contribution >= 0.6 is 11.6 Å². The van der Waals surface area contributed by atoms with E-state index < -0.39 is 0 Å². The van der Waals surface area contributed by atoms with Crippen LogP contribution < -0.4 is 0 Å². The number of carbonyl (C=O) groups excluding carboxylic acids is 2. The molecule has 4 rings (SSSR count). The molecule has 1 aromatic rings. The Hall–Kier alpha value is -1.59. The molecule has 1 aliphatic heterocycles. The first-order valence-corrected chi connectivity index (χ1v) is 14.0. The van der Waals surface area contributed by atoms with Gasteiger partial charge in [0.05, 0.1) is 5.54 Å². The number of rotatable bonds is 11. The van der Waals surface area contributed by atoms with Gasteiger partial charge >= 0.3 is 6.03 Å². The number of amides is 2. The predicted octanol–water partition coefficient (Wildman–Crippen LogP) is 5.91. The minimum absolute atomic E-state index is 0.0162. The van der Waals surface area contributed by atoms with Crippen molar-refractivity contribution in [3.63, 3.8) is 0 Å². The van der Waals surface area contributed by atoms with Gasteiger partial charge in [0.1, 0.15) is 5.78 Å². The third-order valence-corrected chi connectivity index (χ3v) is 9.02. The molecule has 3 fully saturated rings. The quantitative estimate of drug-likeness (QED) is 0.354. The maximum absolute atomic E-state index is 13.8. The Balaban J connectivity index is 1.51. The molecule has 1 heterocycles. The van der Waals surface area contributed by atoms with Crippen LogP contribution in [0.4, 0.5) is 4.79 Å². The summed E-state index contributed by atoms with van der Waals surface area (Å²) in [5.41, 5.74) is 1.07. The summed E-state index contributed by atoms with van der Waals surface area (Å²) in [6.07, 6.45) is 8.38. The van der Waals surface area contributed by atoms with E-state index in [-0.39, 0.29) is 28.3 Å². The van der Waals surface area contributed by atoms with Gasteiger partial charge in [-0.2, -0.15) is 0 Å².